The third-order valence-corrected chi connectivity index (χ3v) is 4.19. The minimum absolute atomic E-state index is 0.692. The average Bonchev–Trinajstić information content (AvgIpc) is 2.56. The highest BCUT2D eigenvalue weighted by Crippen LogP contribution is 2.26. The van der Waals surface area contributed by atoms with Crippen molar-refractivity contribution < 1.29 is 0 Å². The molecular formula is C16H22BrN. The lowest BCUT2D eigenvalue weighted by Gasteiger charge is -2.35. The van der Waals surface area contributed by atoms with Gasteiger partial charge in [0, 0.05) is 17.1 Å². The second kappa shape index (κ2) is 7.10. The molecular weight excluding hydrogens is 286 g/mol. The molecule has 0 aromatic carbocycles. The summed E-state index contributed by atoms with van der Waals surface area (Å²) >= 11 is 3.59. The lowest BCUT2D eigenvalue weighted by molar-refractivity contribution is 0.165. The van der Waals surface area contributed by atoms with Crippen LogP contribution in [0.4, 0.5) is 0 Å². The Hall–Kier alpha value is -0.600. The first-order valence-corrected chi connectivity index (χ1v) is 7.66. The van der Waals surface area contributed by atoms with Gasteiger partial charge in [-0.2, -0.15) is 0 Å². The Bertz CT molecular complexity index is 379. The number of likely N-dealkylation sites (tertiary alicyclic amines) is 1. The smallest absolute Gasteiger partial charge is 0.0174 e. The molecule has 0 radical (unpaired) electrons. The molecule has 2 heteroatoms. The summed E-state index contributed by atoms with van der Waals surface area (Å²) in [6, 6.07) is 0.692. The number of halogens is 1. The van der Waals surface area contributed by atoms with Gasteiger partial charge in [-0.1, -0.05) is 46.7 Å². The molecule has 18 heavy (non-hydrogen) atoms. The van der Waals surface area contributed by atoms with E-state index in [0.29, 0.717) is 6.04 Å². The van der Waals surface area contributed by atoms with E-state index in [-0.39, 0.29) is 0 Å². The van der Waals surface area contributed by atoms with Crippen LogP contribution in [0.15, 0.2) is 47.0 Å². The van der Waals surface area contributed by atoms with Crippen LogP contribution in [0.25, 0.3) is 0 Å². The molecule has 0 spiro atoms. The minimum atomic E-state index is 0.692. The van der Waals surface area contributed by atoms with E-state index < -0.39 is 0 Å². The summed E-state index contributed by atoms with van der Waals surface area (Å²) in [6.07, 6.45) is 17.3. The van der Waals surface area contributed by atoms with Gasteiger partial charge in [0.2, 0.25) is 0 Å². The molecule has 0 saturated carbocycles. The van der Waals surface area contributed by atoms with Crippen LogP contribution in [0, 0.1) is 0 Å². The monoisotopic (exact) mass is 307 g/mol. The standard InChI is InChI=1S/C16H22BrN/c1-2-10-18-11-6-5-9-16(18)13-14-7-3-4-8-15(17)12-14/h2,4,7-8,12,16H,1,3,5-6,9-11,13H2/t16-/m0/s1. The second-order valence-corrected chi connectivity index (χ2v) is 6.00. The van der Waals surface area contributed by atoms with Gasteiger partial charge in [0.05, 0.1) is 0 Å². The first kappa shape index (κ1) is 13.8. The third-order valence-electron chi connectivity index (χ3n) is 3.70. The Balaban J connectivity index is 2.00. The minimum Gasteiger partial charge on any atom is -0.296 e. The summed E-state index contributed by atoms with van der Waals surface area (Å²) in [6.45, 7) is 6.14. The first-order valence-electron chi connectivity index (χ1n) is 6.87. The third kappa shape index (κ3) is 3.96. The number of allylic oxidation sites excluding steroid dienone is 5. The zero-order valence-electron chi connectivity index (χ0n) is 10.9. The van der Waals surface area contributed by atoms with E-state index in [1.807, 2.05) is 6.08 Å². The van der Waals surface area contributed by atoms with E-state index in [1.54, 1.807) is 0 Å². The molecule has 1 atom stereocenters. The molecule has 0 bridgehead atoms. The Morgan fingerprint density at radius 1 is 1.44 bits per heavy atom. The van der Waals surface area contributed by atoms with Crippen molar-refractivity contribution in [3.05, 3.63) is 47.0 Å². The van der Waals surface area contributed by atoms with Crippen LogP contribution >= 0.6 is 15.9 Å². The molecule has 1 aliphatic heterocycles. The van der Waals surface area contributed by atoms with Crippen LogP contribution in [0.1, 0.15) is 32.1 Å². The molecule has 1 saturated heterocycles. The van der Waals surface area contributed by atoms with E-state index in [9.17, 15) is 0 Å². The van der Waals surface area contributed by atoms with E-state index >= 15 is 0 Å². The molecule has 0 unspecified atom stereocenters. The first-order chi connectivity index (χ1) is 8.79. The van der Waals surface area contributed by atoms with Gasteiger partial charge in [-0.15, -0.1) is 6.58 Å². The molecule has 0 aromatic rings. The van der Waals surface area contributed by atoms with Crippen molar-refractivity contribution in [1.29, 1.82) is 0 Å². The highest BCUT2D eigenvalue weighted by atomic mass is 79.9. The SMILES string of the molecule is C=CCN1CCCC[C@H]1CC1=CCC=CC(Br)=C1. The quantitative estimate of drug-likeness (QED) is 0.687. The van der Waals surface area contributed by atoms with E-state index in [0.717, 1.165) is 13.0 Å². The van der Waals surface area contributed by atoms with Gasteiger partial charge < -0.3 is 0 Å². The Morgan fingerprint density at radius 2 is 2.33 bits per heavy atom. The topological polar surface area (TPSA) is 3.24 Å². The molecule has 2 aliphatic rings. The van der Waals surface area contributed by atoms with E-state index in [4.69, 9.17) is 0 Å². The highest BCUT2D eigenvalue weighted by Gasteiger charge is 2.21. The van der Waals surface area contributed by atoms with Crippen LogP contribution in [-0.4, -0.2) is 24.0 Å². The van der Waals surface area contributed by atoms with Crippen molar-refractivity contribution in [3.8, 4) is 0 Å². The zero-order valence-corrected chi connectivity index (χ0v) is 12.5. The Morgan fingerprint density at radius 3 is 3.17 bits per heavy atom. The molecule has 0 aromatic heterocycles. The van der Waals surface area contributed by atoms with Gasteiger partial charge in [-0.05, 0) is 43.9 Å². The normalized spacial score (nSPS) is 25.3. The number of hydrogen-bond acceptors (Lipinski definition) is 1. The van der Waals surface area contributed by atoms with Gasteiger partial charge in [-0.3, -0.25) is 4.90 Å². The lowest BCUT2D eigenvalue weighted by atomic mass is 9.95. The van der Waals surface area contributed by atoms with Gasteiger partial charge >= 0.3 is 0 Å². The summed E-state index contributed by atoms with van der Waals surface area (Å²) in [5.74, 6) is 0. The molecule has 1 fully saturated rings. The van der Waals surface area contributed by atoms with Crippen molar-refractivity contribution in [1.82, 2.24) is 4.90 Å². The largest absolute Gasteiger partial charge is 0.296 e. The van der Waals surface area contributed by atoms with Crippen molar-refractivity contribution >= 4 is 15.9 Å². The van der Waals surface area contributed by atoms with Crippen LogP contribution in [-0.2, 0) is 0 Å². The van der Waals surface area contributed by atoms with Crippen LogP contribution in [0.3, 0.4) is 0 Å². The molecule has 2 rings (SSSR count). The van der Waals surface area contributed by atoms with Crippen LogP contribution < -0.4 is 0 Å². The average molecular weight is 308 g/mol. The second-order valence-electron chi connectivity index (χ2n) is 5.08. The fourth-order valence-corrected chi connectivity index (χ4v) is 3.28. The van der Waals surface area contributed by atoms with E-state index in [2.05, 4.69) is 51.7 Å². The predicted molar refractivity (Wildman–Crippen MR) is 82.9 cm³/mol. The fourth-order valence-electron chi connectivity index (χ4n) is 2.80. The van der Waals surface area contributed by atoms with Gasteiger partial charge in [-0.25, -0.2) is 0 Å². The van der Waals surface area contributed by atoms with E-state index in [1.165, 1.54) is 42.3 Å². The van der Waals surface area contributed by atoms with Crippen molar-refractivity contribution in [2.75, 3.05) is 13.1 Å². The molecule has 1 heterocycles. The van der Waals surface area contributed by atoms with Gasteiger partial charge in [0.15, 0.2) is 0 Å². The maximum Gasteiger partial charge on any atom is 0.0174 e. The molecule has 0 N–H and O–H groups in total. The van der Waals surface area contributed by atoms with Gasteiger partial charge in [0.1, 0.15) is 0 Å². The molecule has 98 valence electrons. The Kier molecular flexibility index (Phi) is 5.45. The van der Waals surface area contributed by atoms with Crippen LogP contribution in [0.2, 0.25) is 0 Å². The van der Waals surface area contributed by atoms with Crippen molar-refractivity contribution in [2.24, 2.45) is 0 Å². The van der Waals surface area contributed by atoms with Crippen molar-refractivity contribution in [2.45, 2.75) is 38.1 Å². The van der Waals surface area contributed by atoms with Crippen molar-refractivity contribution in [3.63, 3.8) is 0 Å². The zero-order chi connectivity index (χ0) is 12.8. The maximum atomic E-state index is 3.88. The summed E-state index contributed by atoms with van der Waals surface area (Å²) in [7, 11) is 0. The predicted octanol–water partition coefficient (Wildman–Crippen LogP) is 4.58. The summed E-state index contributed by atoms with van der Waals surface area (Å²) in [4.78, 5) is 2.58. The number of nitrogens with zero attached hydrogens (tertiary/aromatic N) is 1. The summed E-state index contributed by atoms with van der Waals surface area (Å²) in [5.41, 5.74) is 1.47. The lowest BCUT2D eigenvalue weighted by Crippen LogP contribution is -2.39. The highest BCUT2D eigenvalue weighted by molar-refractivity contribution is 9.11. The number of rotatable bonds is 4. The van der Waals surface area contributed by atoms with Crippen LogP contribution in [0.5, 0.6) is 0 Å². The fraction of sp³-hybridized carbons (Fsp3) is 0.500. The molecule has 1 nitrogen and oxygen atoms in total. The van der Waals surface area contributed by atoms with Gasteiger partial charge in [0.25, 0.3) is 0 Å². The number of piperidine rings is 1. The molecule has 0 amide bonds. The maximum absolute atomic E-state index is 3.88. The Labute approximate surface area is 119 Å². The summed E-state index contributed by atoms with van der Waals surface area (Å²) < 4.78 is 1.19. The summed E-state index contributed by atoms with van der Waals surface area (Å²) in [5, 5.41) is 0. The number of hydrogen-bond donors (Lipinski definition) is 0. The molecule has 1 aliphatic carbocycles.